The maximum Gasteiger partial charge on any atom is 0.407 e. The van der Waals surface area contributed by atoms with E-state index in [0.29, 0.717) is 127 Å². The third kappa shape index (κ3) is 21.9. The fourth-order valence-corrected chi connectivity index (χ4v) is 10.8. The smallest absolute Gasteiger partial charge is 0.407 e. The number of esters is 1. The standard InChI is InChI=1S/C35H47N5O6.C34H46N6O6/c1-3-4-5-6-17-33(43)46-25-21-40-35-29-15-9-10-16-30(29)39(26-27-13-7-8-14-28(27)34(35)37-38-40)32(42)19-18-31(41)36-20-11-23-45-24-12-22-44-2;1-3-4-9-18-36-34(43)46-24-20-40-33-27-13-6-5-12-26(27)25-39(29-15-8-7-14-28(29)32(33)37-38-40)31(42)17-16-30(41)35-19-10-22-45-23-11-21-44-2/h7-10,13-16H,3-6,11-12,17-26H2,1-2H3,(H,36,41);5-8,12-15H,3-4,9-11,16-25H2,1-2H3,(H,35,41)(H,36,43). The number of para-hydroxylation sites is 2. The van der Waals surface area contributed by atoms with E-state index in [2.05, 4.69) is 50.4 Å². The molecule has 2 aliphatic heterocycles. The summed E-state index contributed by atoms with van der Waals surface area (Å²) in [6.45, 7) is 11.1. The van der Waals surface area contributed by atoms with E-state index >= 15 is 0 Å². The van der Waals surface area contributed by atoms with Crippen molar-refractivity contribution in [2.45, 2.75) is 143 Å². The van der Waals surface area contributed by atoms with Crippen LogP contribution in [0.25, 0.3) is 45.0 Å². The van der Waals surface area contributed by atoms with Crippen LogP contribution in [0.1, 0.15) is 128 Å². The van der Waals surface area contributed by atoms with Crippen LogP contribution in [0, 0.1) is 0 Å². The van der Waals surface area contributed by atoms with Gasteiger partial charge in [-0.1, -0.05) is 141 Å². The van der Waals surface area contributed by atoms with Crippen molar-refractivity contribution in [1.29, 1.82) is 0 Å². The molecule has 5 amide bonds. The molecule has 496 valence electrons. The first kappa shape index (κ1) is 71.1. The number of nitrogens with zero attached hydrogens (tertiary/aromatic N) is 8. The predicted molar refractivity (Wildman–Crippen MR) is 351 cm³/mol. The molecule has 3 N–H and O–H groups in total. The lowest BCUT2D eigenvalue weighted by molar-refractivity contribution is -0.144. The number of alkyl carbamates (subject to hydrolysis) is 1. The average Bonchev–Trinajstić information content (AvgIpc) is 1.45. The van der Waals surface area contributed by atoms with Crippen molar-refractivity contribution in [2.24, 2.45) is 0 Å². The molecule has 0 unspecified atom stereocenters. The van der Waals surface area contributed by atoms with Crippen molar-refractivity contribution in [3.63, 3.8) is 0 Å². The molecule has 0 aliphatic carbocycles. The molecule has 0 saturated carbocycles. The molecule has 8 rings (SSSR count). The Labute approximate surface area is 540 Å². The maximum atomic E-state index is 13.8. The van der Waals surface area contributed by atoms with E-state index < -0.39 is 6.09 Å². The fraction of sp³-hybridized carbons (Fsp3) is 0.507. The highest BCUT2D eigenvalue weighted by Crippen LogP contribution is 2.43. The van der Waals surface area contributed by atoms with Crippen LogP contribution < -0.4 is 25.8 Å². The van der Waals surface area contributed by atoms with Gasteiger partial charge in [-0.25, -0.2) is 14.2 Å². The second kappa shape index (κ2) is 39.8. The number of aromatic nitrogens is 6. The van der Waals surface area contributed by atoms with Crippen molar-refractivity contribution in [3.8, 4) is 45.0 Å². The quantitative estimate of drug-likeness (QED) is 0.0242. The molecule has 0 atom stereocenters. The molecule has 6 aromatic rings. The number of hydrogen-bond acceptors (Lipinski definition) is 16. The molecule has 92 heavy (non-hydrogen) atoms. The zero-order valence-corrected chi connectivity index (χ0v) is 54.1. The Morgan fingerprint density at radius 3 is 1.47 bits per heavy atom. The number of benzene rings is 4. The van der Waals surface area contributed by atoms with Gasteiger partial charge in [-0.3, -0.25) is 24.0 Å². The highest BCUT2D eigenvalue weighted by atomic mass is 16.5. The molecule has 4 heterocycles. The summed E-state index contributed by atoms with van der Waals surface area (Å²) in [4.78, 5) is 80.5. The molecule has 0 spiro atoms. The lowest BCUT2D eigenvalue weighted by Crippen LogP contribution is -2.33. The summed E-state index contributed by atoms with van der Waals surface area (Å²) in [6, 6.07) is 31.0. The molecule has 0 fully saturated rings. The Hall–Kier alpha value is -8.38. The van der Waals surface area contributed by atoms with Gasteiger partial charge in [0, 0.05) is 128 Å². The van der Waals surface area contributed by atoms with Gasteiger partial charge in [0.2, 0.25) is 23.6 Å². The van der Waals surface area contributed by atoms with Crippen molar-refractivity contribution >= 4 is 47.1 Å². The SMILES string of the molecule is CCCCCCC(=O)OCCn1nnc2c1-c1ccccc1N(C(=O)CCC(=O)NCCCOCCCOC)Cc1ccccc1-2.CCCCCNC(=O)OCCn1nnc2c1-c1ccccc1CN(C(=O)CCC(=O)NCCCOCCCOC)c1ccccc1-2. The average molecular weight is 1270 g/mol. The van der Waals surface area contributed by atoms with Crippen LogP contribution in [0.3, 0.4) is 0 Å². The highest BCUT2D eigenvalue weighted by Gasteiger charge is 2.31. The van der Waals surface area contributed by atoms with Gasteiger partial charge in [0.05, 0.1) is 48.9 Å². The minimum atomic E-state index is -0.449. The highest BCUT2D eigenvalue weighted by molar-refractivity contribution is 6.02. The zero-order valence-electron chi connectivity index (χ0n) is 54.1. The number of nitrogens with one attached hydrogen (secondary N) is 3. The summed E-state index contributed by atoms with van der Waals surface area (Å²) in [6.07, 6.45) is 10.4. The van der Waals surface area contributed by atoms with Crippen molar-refractivity contribution in [2.75, 3.05) is 96.5 Å². The Morgan fingerprint density at radius 2 is 0.891 bits per heavy atom. The Bertz CT molecular complexity index is 3280. The number of rotatable bonds is 37. The summed E-state index contributed by atoms with van der Waals surface area (Å²) in [5, 5.41) is 26.6. The number of carbonyl (C=O) groups is 6. The van der Waals surface area contributed by atoms with E-state index in [1.54, 1.807) is 33.4 Å². The van der Waals surface area contributed by atoms with E-state index in [1.807, 2.05) is 97.1 Å². The lowest BCUT2D eigenvalue weighted by Gasteiger charge is -2.28. The Kier molecular flexibility index (Phi) is 30.7. The molecule has 23 nitrogen and oxygen atoms in total. The summed E-state index contributed by atoms with van der Waals surface area (Å²) in [5.74, 6) is -0.864. The summed E-state index contributed by atoms with van der Waals surface area (Å²) in [7, 11) is 3.32. The predicted octanol–water partition coefficient (Wildman–Crippen LogP) is 10.0. The van der Waals surface area contributed by atoms with Crippen LogP contribution in [-0.4, -0.2) is 152 Å². The number of amides is 5. The second-order valence-corrected chi connectivity index (χ2v) is 22.5. The Morgan fingerprint density at radius 1 is 0.435 bits per heavy atom. The molecule has 4 aromatic carbocycles. The van der Waals surface area contributed by atoms with Crippen LogP contribution in [0.15, 0.2) is 97.1 Å². The maximum absolute atomic E-state index is 13.8. The van der Waals surface area contributed by atoms with Crippen LogP contribution >= 0.6 is 0 Å². The van der Waals surface area contributed by atoms with Crippen LogP contribution in [0.4, 0.5) is 16.2 Å². The number of fused-ring (bicyclic) bond motifs is 10. The first-order valence-corrected chi connectivity index (χ1v) is 32.6. The van der Waals surface area contributed by atoms with Gasteiger partial charge in [-0.2, -0.15) is 0 Å². The van der Waals surface area contributed by atoms with Crippen molar-refractivity contribution in [1.82, 2.24) is 45.9 Å². The number of anilines is 2. The molecule has 2 aliphatic rings. The minimum absolute atomic E-state index is 0.0627. The van der Waals surface area contributed by atoms with Gasteiger partial charge in [0.1, 0.15) is 24.6 Å². The molecule has 2 aromatic heterocycles. The number of unbranched alkanes of at least 4 members (excludes halogenated alkanes) is 5. The topological polar surface area (TPSA) is 262 Å². The molecule has 23 heteroatoms. The van der Waals surface area contributed by atoms with Crippen LogP contribution in [0.2, 0.25) is 0 Å². The molecular formula is C69H93N11O12. The first-order chi connectivity index (χ1) is 45.1. The van der Waals surface area contributed by atoms with Gasteiger partial charge in [-0.15, -0.1) is 10.2 Å². The van der Waals surface area contributed by atoms with Gasteiger partial charge < -0.3 is 54.2 Å². The number of ether oxygens (including phenoxy) is 6. The third-order valence-corrected chi connectivity index (χ3v) is 15.5. The molecule has 0 bridgehead atoms. The van der Waals surface area contributed by atoms with Crippen molar-refractivity contribution in [3.05, 3.63) is 108 Å². The van der Waals surface area contributed by atoms with E-state index in [9.17, 15) is 28.8 Å². The van der Waals surface area contributed by atoms with Crippen LogP contribution in [0.5, 0.6) is 0 Å². The van der Waals surface area contributed by atoms with Gasteiger partial charge in [0.25, 0.3) is 0 Å². The lowest BCUT2D eigenvalue weighted by atomic mass is 9.95. The normalized spacial score (nSPS) is 12.0. The monoisotopic (exact) mass is 1270 g/mol. The van der Waals surface area contributed by atoms with Gasteiger partial charge >= 0.3 is 12.1 Å². The zero-order chi connectivity index (χ0) is 65.1. The van der Waals surface area contributed by atoms with E-state index in [0.717, 1.165) is 103 Å². The fourth-order valence-electron chi connectivity index (χ4n) is 10.8. The number of hydrogen-bond donors (Lipinski definition) is 3. The van der Waals surface area contributed by atoms with E-state index in [4.69, 9.17) is 28.4 Å². The summed E-state index contributed by atoms with van der Waals surface area (Å²) >= 11 is 0. The van der Waals surface area contributed by atoms with Gasteiger partial charge in [-0.05, 0) is 61.8 Å². The largest absolute Gasteiger partial charge is 0.464 e. The summed E-state index contributed by atoms with van der Waals surface area (Å²) < 4.78 is 35.5. The number of carbonyl (C=O) groups excluding carboxylic acids is 6. The first-order valence-electron chi connectivity index (χ1n) is 32.6. The third-order valence-electron chi connectivity index (χ3n) is 15.5. The molecule has 0 saturated heterocycles. The van der Waals surface area contributed by atoms with E-state index in [-0.39, 0.29) is 68.5 Å². The van der Waals surface area contributed by atoms with Gasteiger partial charge in [0.15, 0.2) is 0 Å². The molecular weight excluding hydrogens is 1170 g/mol. The minimum Gasteiger partial charge on any atom is -0.464 e. The summed E-state index contributed by atoms with van der Waals surface area (Å²) in [5.41, 5.74) is 9.47. The number of methoxy groups -OCH3 is 2. The van der Waals surface area contributed by atoms with E-state index in [1.165, 1.54) is 0 Å². The molecule has 0 radical (unpaired) electrons. The second-order valence-electron chi connectivity index (χ2n) is 22.5. The Balaban J connectivity index is 0.000000261. The van der Waals surface area contributed by atoms with Crippen LogP contribution in [-0.2, 0) is 78.6 Å². The van der Waals surface area contributed by atoms with Crippen molar-refractivity contribution < 1.29 is 57.2 Å².